The van der Waals surface area contributed by atoms with E-state index >= 15 is 0 Å². The molecule has 0 bridgehead atoms. The normalized spacial score (nSPS) is 14.9. The molecule has 0 atom stereocenters. The van der Waals surface area contributed by atoms with E-state index in [4.69, 9.17) is 9.84 Å². The highest BCUT2D eigenvalue weighted by atomic mass is 32.2. The van der Waals surface area contributed by atoms with Gasteiger partial charge in [-0.25, -0.2) is 13.1 Å². The molecule has 0 fully saturated rings. The number of nitriles is 1. The zero-order chi connectivity index (χ0) is 31.3. The van der Waals surface area contributed by atoms with Gasteiger partial charge in [0.15, 0.2) is 0 Å². The topological polar surface area (TPSA) is 143 Å². The van der Waals surface area contributed by atoms with E-state index in [2.05, 4.69) is 0 Å². The average molecular weight is 602 g/mol. The number of nitrogens with zero attached hydrogens (tertiary/aromatic N) is 5. The molecule has 0 unspecified atom stereocenters. The number of sulfonamides is 1. The highest BCUT2D eigenvalue weighted by Crippen LogP contribution is 2.32. The first kappa shape index (κ1) is 31.1. The summed E-state index contributed by atoms with van der Waals surface area (Å²) in [6.45, 7) is 6.44. The van der Waals surface area contributed by atoms with Crippen LogP contribution in [0.5, 0.6) is 0 Å². The smallest absolute Gasteiger partial charge is 0.302 e. The fraction of sp³-hybridized carbons (Fsp3) is 0.258. The first-order chi connectivity index (χ1) is 20.5. The molecule has 2 heterocycles. The highest BCUT2D eigenvalue weighted by molar-refractivity contribution is 7.89. The Kier molecular flexibility index (Phi) is 9.38. The molecule has 1 aromatic heterocycles. The lowest BCUT2D eigenvalue weighted by Crippen LogP contribution is -2.44. The number of ether oxygens (including phenoxy) is 1. The van der Waals surface area contributed by atoms with Gasteiger partial charge in [-0.1, -0.05) is 44.2 Å². The Labute approximate surface area is 250 Å². The third-order valence-electron chi connectivity index (χ3n) is 6.96. The summed E-state index contributed by atoms with van der Waals surface area (Å²) in [5.74, 6) is -2.00. The minimum absolute atomic E-state index is 0.0831. The molecule has 3 aromatic rings. The predicted octanol–water partition coefficient (Wildman–Crippen LogP) is 3.73. The van der Waals surface area contributed by atoms with Crippen LogP contribution in [0.3, 0.4) is 0 Å². The minimum Gasteiger partial charge on any atom is -0.464 e. The number of esters is 1. The number of rotatable bonds is 10. The van der Waals surface area contributed by atoms with Crippen molar-refractivity contribution in [3.8, 4) is 23.0 Å². The lowest BCUT2D eigenvalue weighted by molar-refractivity contribution is -0.147. The van der Waals surface area contributed by atoms with Gasteiger partial charge in [-0.05, 0) is 42.8 Å². The van der Waals surface area contributed by atoms with Crippen molar-refractivity contribution in [1.82, 2.24) is 19.0 Å². The second-order valence-electron chi connectivity index (χ2n) is 9.60. The predicted molar refractivity (Wildman–Crippen MR) is 159 cm³/mol. The van der Waals surface area contributed by atoms with Crippen molar-refractivity contribution in [2.24, 2.45) is 0 Å². The van der Waals surface area contributed by atoms with Gasteiger partial charge in [0.05, 0.1) is 17.1 Å². The van der Waals surface area contributed by atoms with Crippen molar-refractivity contribution in [2.45, 2.75) is 32.6 Å². The van der Waals surface area contributed by atoms with Crippen molar-refractivity contribution >= 4 is 33.9 Å². The van der Waals surface area contributed by atoms with Gasteiger partial charge in [0.25, 0.3) is 11.8 Å². The third kappa shape index (κ3) is 6.33. The molecule has 0 saturated heterocycles. The van der Waals surface area contributed by atoms with Gasteiger partial charge in [-0.3, -0.25) is 19.3 Å². The molecule has 12 heteroatoms. The summed E-state index contributed by atoms with van der Waals surface area (Å²) in [5.41, 5.74) is 2.11. The van der Waals surface area contributed by atoms with Crippen molar-refractivity contribution in [1.29, 1.82) is 5.26 Å². The lowest BCUT2D eigenvalue weighted by atomic mass is 9.93. The van der Waals surface area contributed by atoms with Gasteiger partial charge in [0, 0.05) is 42.9 Å². The van der Waals surface area contributed by atoms with Crippen molar-refractivity contribution in [2.75, 3.05) is 26.2 Å². The molecular formula is C31H31N5O6S. The van der Waals surface area contributed by atoms with E-state index in [0.29, 0.717) is 29.9 Å². The van der Waals surface area contributed by atoms with Crippen LogP contribution in [0.4, 0.5) is 0 Å². The molecule has 4 rings (SSSR count). The van der Waals surface area contributed by atoms with Crippen LogP contribution in [0.2, 0.25) is 0 Å². The molecule has 0 radical (unpaired) electrons. The third-order valence-corrected chi connectivity index (χ3v) is 9.01. The van der Waals surface area contributed by atoms with E-state index in [1.165, 1.54) is 36.4 Å². The zero-order valence-corrected chi connectivity index (χ0v) is 25.1. The molecule has 1 aliphatic heterocycles. The van der Waals surface area contributed by atoms with Gasteiger partial charge in [-0.15, -0.1) is 0 Å². The van der Waals surface area contributed by atoms with Gasteiger partial charge < -0.3 is 4.74 Å². The highest BCUT2D eigenvalue weighted by Gasteiger charge is 2.35. The Morgan fingerprint density at radius 1 is 1.07 bits per heavy atom. The zero-order valence-electron chi connectivity index (χ0n) is 24.3. The van der Waals surface area contributed by atoms with Gasteiger partial charge in [0.1, 0.15) is 23.9 Å². The van der Waals surface area contributed by atoms with Gasteiger partial charge in [-0.2, -0.15) is 14.7 Å². The lowest BCUT2D eigenvalue weighted by Gasteiger charge is -2.27. The molecule has 43 heavy (non-hydrogen) atoms. The minimum atomic E-state index is -3.77. The van der Waals surface area contributed by atoms with Crippen LogP contribution < -0.4 is 0 Å². The molecule has 1 aliphatic rings. The molecule has 2 amide bonds. The number of hydrogen-bond donors (Lipinski definition) is 0. The molecule has 0 N–H and O–H groups in total. The summed E-state index contributed by atoms with van der Waals surface area (Å²) in [4.78, 5) is 38.7. The van der Waals surface area contributed by atoms with E-state index in [9.17, 15) is 28.1 Å². The van der Waals surface area contributed by atoms with E-state index in [1.54, 1.807) is 36.9 Å². The second-order valence-corrected chi connectivity index (χ2v) is 11.5. The van der Waals surface area contributed by atoms with Crippen LogP contribution >= 0.6 is 0 Å². The average Bonchev–Trinajstić information content (AvgIpc) is 3.42. The van der Waals surface area contributed by atoms with E-state index in [1.807, 2.05) is 36.4 Å². The van der Waals surface area contributed by atoms with Crippen LogP contribution in [-0.2, 0) is 29.1 Å². The Morgan fingerprint density at radius 2 is 1.77 bits per heavy atom. The number of amides is 2. The Hall–Kier alpha value is -4.86. The molecule has 11 nitrogen and oxygen atoms in total. The van der Waals surface area contributed by atoms with Crippen LogP contribution in [0.15, 0.2) is 82.4 Å². The van der Waals surface area contributed by atoms with Crippen LogP contribution in [0.1, 0.15) is 33.3 Å². The molecule has 2 aromatic carbocycles. The summed E-state index contributed by atoms with van der Waals surface area (Å²) in [6.07, 6.45) is 3.23. The number of carbonyl (C=O) groups excluding carboxylic acids is 3. The van der Waals surface area contributed by atoms with E-state index in [-0.39, 0.29) is 34.8 Å². The van der Waals surface area contributed by atoms with Crippen molar-refractivity contribution in [3.63, 3.8) is 0 Å². The van der Waals surface area contributed by atoms with Crippen molar-refractivity contribution < 1.29 is 27.5 Å². The quantitative estimate of drug-likeness (QED) is 0.194. The van der Waals surface area contributed by atoms with E-state index < -0.39 is 27.8 Å². The number of aromatic nitrogens is 2. The number of imide groups is 1. The maximum atomic E-state index is 13.6. The Morgan fingerprint density at radius 3 is 2.40 bits per heavy atom. The fourth-order valence-electron chi connectivity index (χ4n) is 4.72. The number of benzene rings is 2. The SMILES string of the molecule is CCN(CC)S(=O)(=O)c1cccc(-c2nn(-c3ccccc3)cc2/C=C2/C(=O)N(CCOC(C)=O)C(=O)C(C#N)=C2C)c1. The summed E-state index contributed by atoms with van der Waals surface area (Å²) < 4.78 is 34.5. The van der Waals surface area contributed by atoms with Crippen LogP contribution in [-0.4, -0.2) is 71.4 Å². The maximum Gasteiger partial charge on any atom is 0.302 e. The summed E-state index contributed by atoms with van der Waals surface area (Å²) >= 11 is 0. The Balaban J connectivity index is 1.89. The number of hydrogen-bond acceptors (Lipinski definition) is 8. The molecular weight excluding hydrogens is 570 g/mol. The number of para-hydroxylation sites is 1. The van der Waals surface area contributed by atoms with Gasteiger partial charge in [0.2, 0.25) is 10.0 Å². The second kappa shape index (κ2) is 13.0. The first-order valence-corrected chi connectivity index (χ1v) is 15.1. The first-order valence-electron chi connectivity index (χ1n) is 13.6. The number of carbonyl (C=O) groups is 3. The molecule has 0 saturated carbocycles. The molecule has 0 spiro atoms. The Bertz CT molecular complexity index is 1780. The van der Waals surface area contributed by atoms with E-state index in [0.717, 1.165) is 10.6 Å². The van der Waals surface area contributed by atoms with Crippen molar-refractivity contribution in [3.05, 3.63) is 83.1 Å². The maximum absolute atomic E-state index is 13.6. The largest absolute Gasteiger partial charge is 0.464 e. The summed E-state index contributed by atoms with van der Waals surface area (Å²) in [7, 11) is -3.77. The standard InChI is InChI=1S/C31H31N5O6S/c1-5-34(6-2)43(40,41)26-14-10-11-23(17-26)29-24(20-36(33-29)25-12-8-7-9-13-25)18-27-21(3)28(19-32)31(39)35(30(27)38)15-16-42-22(4)37/h7-14,17-18,20H,5-6,15-16H2,1-4H3/b27-18+. The van der Waals surface area contributed by atoms with Gasteiger partial charge >= 0.3 is 5.97 Å². The molecule has 0 aliphatic carbocycles. The van der Waals surface area contributed by atoms with Crippen LogP contribution in [0.25, 0.3) is 23.0 Å². The monoisotopic (exact) mass is 601 g/mol. The fourth-order valence-corrected chi connectivity index (χ4v) is 6.22. The molecule has 222 valence electrons. The van der Waals surface area contributed by atoms with Crippen LogP contribution in [0, 0.1) is 11.3 Å². The summed E-state index contributed by atoms with van der Waals surface area (Å²) in [5, 5.41) is 14.5. The summed E-state index contributed by atoms with van der Waals surface area (Å²) in [6, 6.07) is 17.5.